The molecule has 0 aromatic carbocycles. The molecule has 1 N–H and O–H groups in total. The minimum atomic E-state index is -3.32. The third kappa shape index (κ3) is 2.70. The third-order valence-corrected chi connectivity index (χ3v) is 5.28. The van der Waals surface area contributed by atoms with E-state index in [1.165, 1.54) is 17.5 Å². The number of carbonyl (C=O) groups excluding carboxylic acids is 1. The lowest BCUT2D eigenvalue weighted by molar-refractivity contribution is 0.0785. The standard InChI is InChI=1S/C12H14N4O3S2/c1-21(18,19)10-4-14-15-11(10)8-2-3-16(5-8)12(17)9-6-20-7-13-9/h4,6-8H,2-3,5H2,1H3,(H,14,15)/t8-/m1/s1. The number of hydrogen-bond donors (Lipinski definition) is 1. The quantitative estimate of drug-likeness (QED) is 0.904. The van der Waals surface area contributed by atoms with E-state index in [2.05, 4.69) is 15.2 Å². The van der Waals surface area contributed by atoms with Gasteiger partial charge < -0.3 is 4.90 Å². The molecule has 1 atom stereocenters. The molecule has 0 aliphatic carbocycles. The Balaban J connectivity index is 1.79. The number of rotatable bonds is 3. The lowest BCUT2D eigenvalue weighted by atomic mass is 10.1. The molecule has 1 aliphatic heterocycles. The lowest BCUT2D eigenvalue weighted by Gasteiger charge is -2.15. The molecule has 0 unspecified atom stereocenters. The number of nitrogens with one attached hydrogen (secondary N) is 1. The zero-order valence-corrected chi connectivity index (χ0v) is 12.9. The number of aromatic nitrogens is 3. The Morgan fingerprint density at radius 3 is 3.00 bits per heavy atom. The van der Waals surface area contributed by atoms with Crippen molar-refractivity contribution in [2.24, 2.45) is 0 Å². The number of likely N-dealkylation sites (tertiary alicyclic amines) is 1. The fraction of sp³-hybridized carbons (Fsp3) is 0.417. The maximum absolute atomic E-state index is 12.2. The van der Waals surface area contributed by atoms with Crippen molar-refractivity contribution in [3.05, 3.63) is 28.5 Å². The van der Waals surface area contributed by atoms with Gasteiger partial charge in [0.05, 0.1) is 17.4 Å². The zero-order valence-electron chi connectivity index (χ0n) is 11.3. The van der Waals surface area contributed by atoms with Gasteiger partial charge in [-0.1, -0.05) is 0 Å². The highest BCUT2D eigenvalue weighted by atomic mass is 32.2. The van der Waals surface area contributed by atoms with E-state index in [0.29, 0.717) is 30.9 Å². The van der Waals surface area contributed by atoms with E-state index in [1.807, 2.05) is 0 Å². The summed E-state index contributed by atoms with van der Waals surface area (Å²) in [6.07, 6.45) is 3.20. The summed E-state index contributed by atoms with van der Waals surface area (Å²) in [5.41, 5.74) is 2.65. The first-order chi connectivity index (χ1) is 9.97. The summed E-state index contributed by atoms with van der Waals surface area (Å²) in [5, 5.41) is 8.32. The van der Waals surface area contributed by atoms with E-state index in [-0.39, 0.29) is 16.7 Å². The maximum Gasteiger partial charge on any atom is 0.273 e. The number of nitrogens with zero attached hydrogens (tertiary/aromatic N) is 3. The second-order valence-electron chi connectivity index (χ2n) is 5.03. The molecule has 0 bridgehead atoms. The molecule has 112 valence electrons. The lowest BCUT2D eigenvalue weighted by Crippen LogP contribution is -2.28. The van der Waals surface area contributed by atoms with Crippen LogP contribution in [0.3, 0.4) is 0 Å². The van der Waals surface area contributed by atoms with Crippen LogP contribution in [0.1, 0.15) is 28.5 Å². The largest absolute Gasteiger partial charge is 0.337 e. The summed E-state index contributed by atoms with van der Waals surface area (Å²) >= 11 is 1.38. The summed E-state index contributed by atoms with van der Waals surface area (Å²) in [6.45, 7) is 1.06. The van der Waals surface area contributed by atoms with Crippen LogP contribution in [0, 0.1) is 0 Å². The predicted molar refractivity (Wildman–Crippen MR) is 77.1 cm³/mol. The van der Waals surface area contributed by atoms with Gasteiger partial charge in [-0.2, -0.15) is 5.10 Å². The highest BCUT2D eigenvalue weighted by Crippen LogP contribution is 2.30. The fourth-order valence-electron chi connectivity index (χ4n) is 2.53. The molecular formula is C12H14N4O3S2. The molecule has 1 saturated heterocycles. The van der Waals surface area contributed by atoms with Gasteiger partial charge in [0.25, 0.3) is 5.91 Å². The summed E-state index contributed by atoms with van der Waals surface area (Å²) in [5.74, 6) is -0.154. The highest BCUT2D eigenvalue weighted by Gasteiger charge is 2.32. The average molecular weight is 326 g/mol. The van der Waals surface area contributed by atoms with Gasteiger partial charge >= 0.3 is 0 Å². The van der Waals surface area contributed by atoms with Crippen LogP contribution in [0.4, 0.5) is 0 Å². The van der Waals surface area contributed by atoms with E-state index >= 15 is 0 Å². The Hall–Kier alpha value is -1.74. The van der Waals surface area contributed by atoms with Crippen molar-refractivity contribution in [1.82, 2.24) is 20.1 Å². The second kappa shape index (κ2) is 5.23. The van der Waals surface area contributed by atoms with Crippen LogP contribution >= 0.6 is 11.3 Å². The average Bonchev–Trinajstić information content (AvgIpc) is 3.16. The first-order valence-electron chi connectivity index (χ1n) is 6.37. The molecule has 2 aromatic rings. The van der Waals surface area contributed by atoms with Gasteiger partial charge in [0.15, 0.2) is 9.84 Å². The molecule has 3 rings (SSSR count). The zero-order chi connectivity index (χ0) is 15.0. The number of sulfone groups is 1. The minimum Gasteiger partial charge on any atom is -0.337 e. The van der Waals surface area contributed by atoms with Crippen molar-refractivity contribution in [2.75, 3.05) is 19.3 Å². The molecule has 1 aliphatic rings. The van der Waals surface area contributed by atoms with Gasteiger partial charge in [0.2, 0.25) is 0 Å². The monoisotopic (exact) mass is 326 g/mol. The van der Waals surface area contributed by atoms with Crippen LogP contribution in [0.2, 0.25) is 0 Å². The number of carbonyl (C=O) groups is 1. The molecule has 1 fully saturated rings. The normalized spacial score (nSPS) is 19.1. The number of hydrogen-bond acceptors (Lipinski definition) is 6. The van der Waals surface area contributed by atoms with Gasteiger partial charge in [-0.25, -0.2) is 13.4 Å². The summed E-state index contributed by atoms with van der Waals surface area (Å²) in [4.78, 5) is 18.2. The Morgan fingerprint density at radius 2 is 2.33 bits per heavy atom. The first kappa shape index (κ1) is 14.2. The van der Waals surface area contributed by atoms with Crippen LogP contribution in [-0.2, 0) is 9.84 Å². The van der Waals surface area contributed by atoms with E-state index in [0.717, 1.165) is 6.26 Å². The minimum absolute atomic E-state index is 0.0418. The molecule has 7 nitrogen and oxygen atoms in total. The summed E-state index contributed by atoms with van der Waals surface area (Å²) < 4.78 is 23.4. The van der Waals surface area contributed by atoms with Crippen LogP contribution in [0.25, 0.3) is 0 Å². The molecule has 0 spiro atoms. The van der Waals surface area contributed by atoms with Crippen LogP contribution in [0.15, 0.2) is 22.0 Å². The highest BCUT2D eigenvalue weighted by molar-refractivity contribution is 7.90. The fourth-order valence-corrected chi connectivity index (χ4v) is 3.92. The first-order valence-corrected chi connectivity index (χ1v) is 9.21. The molecule has 9 heteroatoms. The van der Waals surface area contributed by atoms with Crippen molar-refractivity contribution in [1.29, 1.82) is 0 Å². The van der Waals surface area contributed by atoms with Crippen molar-refractivity contribution < 1.29 is 13.2 Å². The Kier molecular flexibility index (Phi) is 3.54. The molecule has 2 aromatic heterocycles. The molecule has 0 saturated carbocycles. The van der Waals surface area contributed by atoms with Crippen molar-refractivity contribution in [2.45, 2.75) is 17.2 Å². The van der Waals surface area contributed by atoms with Crippen molar-refractivity contribution in [3.63, 3.8) is 0 Å². The SMILES string of the molecule is CS(=O)(=O)c1cn[nH]c1[C@@H]1CCN(C(=O)c2cscn2)C1. The molecular weight excluding hydrogens is 312 g/mol. The van der Waals surface area contributed by atoms with Crippen molar-refractivity contribution >= 4 is 27.1 Å². The van der Waals surface area contributed by atoms with Crippen LogP contribution in [0.5, 0.6) is 0 Å². The van der Waals surface area contributed by atoms with Crippen LogP contribution in [-0.4, -0.2) is 53.8 Å². The Labute approximate surface area is 125 Å². The second-order valence-corrected chi connectivity index (χ2v) is 7.73. The van der Waals surface area contributed by atoms with E-state index in [1.54, 1.807) is 15.8 Å². The van der Waals surface area contributed by atoms with E-state index < -0.39 is 9.84 Å². The van der Waals surface area contributed by atoms with Gasteiger partial charge in [0, 0.05) is 30.6 Å². The number of aromatic amines is 1. The maximum atomic E-state index is 12.2. The smallest absolute Gasteiger partial charge is 0.273 e. The Bertz CT molecular complexity index is 751. The summed E-state index contributed by atoms with van der Waals surface area (Å²) in [6, 6.07) is 0. The number of H-pyrrole nitrogens is 1. The van der Waals surface area contributed by atoms with E-state index in [4.69, 9.17) is 0 Å². The predicted octanol–water partition coefficient (Wildman–Crippen LogP) is 0.899. The van der Waals surface area contributed by atoms with Gasteiger partial charge in [0.1, 0.15) is 10.6 Å². The third-order valence-electron chi connectivity index (χ3n) is 3.57. The molecule has 21 heavy (non-hydrogen) atoms. The number of thiazole rings is 1. The topological polar surface area (TPSA) is 96.0 Å². The van der Waals surface area contributed by atoms with Gasteiger partial charge in [-0.15, -0.1) is 11.3 Å². The van der Waals surface area contributed by atoms with Gasteiger partial charge in [-0.3, -0.25) is 9.89 Å². The van der Waals surface area contributed by atoms with E-state index in [9.17, 15) is 13.2 Å². The van der Waals surface area contributed by atoms with Crippen molar-refractivity contribution in [3.8, 4) is 0 Å². The van der Waals surface area contributed by atoms with Gasteiger partial charge in [-0.05, 0) is 6.42 Å². The Morgan fingerprint density at radius 1 is 1.52 bits per heavy atom. The molecule has 1 amide bonds. The molecule has 0 radical (unpaired) electrons. The molecule has 3 heterocycles. The number of amides is 1. The van der Waals surface area contributed by atoms with Crippen LogP contribution < -0.4 is 0 Å². The summed E-state index contributed by atoms with van der Waals surface area (Å²) in [7, 11) is -3.32.